The predicted molar refractivity (Wildman–Crippen MR) is 59.3 cm³/mol. The topological polar surface area (TPSA) is 113 Å². The minimum atomic E-state index is -2.19. The molecule has 1 aliphatic heterocycles. The normalized spacial score (nSPS) is 16.7. The number of methoxy groups -OCH3 is 1. The summed E-state index contributed by atoms with van der Waals surface area (Å²) in [7, 11) is 1.46. The Hall–Kier alpha value is -0.670. The Morgan fingerprint density at radius 1 is 1.33 bits per heavy atom. The third-order valence-electron chi connectivity index (χ3n) is 2.53. The molecule has 8 nitrogen and oxygen atoms in total. The second kappa shape index (κ2) is 7.05. The number of aliphatic carboxylic acids is 2. The van der Waals surface area contributed by atoms with Gasteiger partial charge in [-0.1, -0.05) is 0 Å². The van der Waals surface area contributed by atoms with Crippen molar-refractivity contribution in [2.24, 2.45) is 0 Å². The van der Waals surface area contributed by atoms with Gasteiger partial charge in [0.25, 0.3) is 0 Å². The van der Waals surface area contributed by atoms with Crippen molar-refractivity contribution in [2.45, 2.75) is 12.0 Å². The Balaban J connectivity index is 0.00000289. The van der Waals surface area contributed by atoms with Crippen molar-refractivity contribution in [3.63, 3.8) is 0 Å². The van der Waals surface area contributed by atoms with E-state index in [1.54, 1.807) is 0 Å². The second-order valence-electron chi connectivity index (χ2n) is 3.50. The number of amides is 1. The summed E-state index contributed by atoms with van der Waals surface area (Å²) >= 11 is 0. The van der Waals surface area contributed by atoms with Crippen LogP contribution in [0.5, 0.6) is 0 Å². The molecule has 1 fully saturated rings. The molecule has 1 amide bonds. The number of hydrogen-bond acceptors (Lipinski definition) is 5. The van der Waals surface area contributed by atoms with Gasteiger partial charge in [0.05, 0.1) is 19.6 Å². The number of carbonyl (C=O) groups excluding carboxylic acids is 1. The Morgan fingerprint density at radius 2 is 1.89 bits per heavy atom. The number of β-lactam (4-membered cyclic amide) rings is 1. The third kappa shape index (κ3) is 3.01. The molecule has 0 unspecified atom stereocenters. The van der Waals surface area contributed by atoms with Crippen LogP contribution in [0.4, 0.5) is 0 Å². The fraction of sp³-hybridized carbons (Fsp3) is 0.667. The van der Waals surface area contributed by atoms with E-state index in [4.69, 9.17) is 14.9 Å². The van der Waals surface area contributed by atoms with Gasteiger partial charge in [-0.2, -0.15) is 0 Å². The van der Waals surface area contributed by atoms with Crippen molar-refractivity contribution in [1.82, 2.24) is 4.90 Å². The average Bonchev–Trinajstić information content (AvgIpc) is 2.24. The van der Waals surface area contributed by atoms with Crippen molar-refractivity contribution < 1.29 is 34.1 Å². The quantitative estimate of drug-likeness (QED) is 0.240. The molecule has 1 aliphatic rings. The van der Waals surface area contributed by atoms with Crippen LogP contribution in [-0.2, 0) is 23.9 Å². The number of ether oxygens (including phenoxy) is 2. The Morgan fingerprint density at radius 3 is 2.28 bits per heavy atom. The summed E-state index contributed by atoms with van der Waals surface area (Å²) in [5.41, 5.74) is -2.19. The number of likely N-dealkylation sites (tertiary alicyclic amines) is 1. The maximum absolute atomic E-state index is 11.2. The summed E-state index contributed by atoms with van der Waals surface area (Å²) in [4.78, 5) is 33.8. The number of carboxylic acids is 2. The van der Waals surface area contributed by atoms with E-state index in [1.807, 2.05) is 0 Å². The molecule has 2 N–H and O–H groups in total. The molecule has 18 heavy (non-hydrogen) atoms. The van der Waals surface area contributed by atoms with Gasteiger partial charge < -0.3 is 19.7 Å². The van der Waals surface area contributed by atoms with Crippen molar-refractivity contribution in [2.75, 3.05) is 27.1 Å². The Bertz CT molecular complexity index is 332. The summed E-state index contributed by atoms with van der Waals surface area (Å²) < 4.78 is 9.65. The molecule has 0 saturated carbocycles. The van der Waals surface area contributed by atoms with Gasteiger partial charge in [-0.05, 0) is 0 Å². The van der Waals surface area contributed by atoms with E-state index in [1.165, 1.54) is 7.11 Å². The molecule has 0 bridgehead atoms. The van der Waals surface area contributed by atoms with Crippen LogP contribution < -0.4 is 0 Å². The molecule has 98 valence electrons. The molecule has 0 atom stereocenters. The standard InChI is InChI=1S/C9H13NO7.Na.H/c1-16-2-3-17-5-10-6(11)4-9(10,7(12)13)8(14)15;;/h2-5H2,1H3,(H,12,13)(H,14,15);;. The summed E-state index contributed by atoms with van der Waals surface area (Å²) in [5.74, 6) is -3.70. The fourth-order valence-corrected chi connectivity index (χ4v) is 1.49. The fourth-order valence-electron chi connectivity index (χ4n) is 1.49. The first-order valence-corrected chi connectivity index (χ1v) is 4.80. The molecule has 1 rings (SSSR count). The van der Waals surface area contributed by atoms with E-state index in [9.17, 15) is 14.4 Å². The first kappa shape index (κ1) is 17.3. The molecule has 1 saturated heterocycles. The number of hydrogen-bond donors (Lipinski definition) is 2. The van der Waals surface area contributed by atoms with Crippen LogP contribution in [0, 0.1) is 0 Å². The van der Waals surface area contributed by atoms with Crippen molar-refractivity contribution in [3.05, 3.63) is 0 Å². The molecule has 9 heteroatoms. The number of nitrogens with zero attached hydrogens (tertiary/aromatic N) is 1. The summed E-state index contributed by atoms with van der Waals surface area (Å²) in [6, 6.07) is 0. The van der Waals surface area contributed by atoms with Crippen LogP contribution in [0.15, 0.2) is 0 Å². The van der Waals surface area contributed by atoms with E-state index in [-0.39, 0.29) is 49.5 Å². The average molecular weight is 271 g/mol. The van der Waals surface area contributed by atoms with E-state index in [0.29, 0.717) is 4.90 Å². The molecular weight excluding hydrogens is 257 g/mol. The molecule has 0 aromatic carbocycles. The van der Waals surface area contributed by atoms with Gasteiger partial charge in [-0.15, -0.1) is 0 Å². The van der Waals surface area contributed by atoms with Gasteiger partial charge >= 0.3 is 41.5 Å². The molecular formula is C9H14NNaO7. The first-order chi connectivity index (χ1) is 7.96. The zero-order valence-electron chi connectivity index (χ0n) is 9.21. The molecule has 0 radical (unpaired) electrons. The molecule has 0 spiro atoms. The van der Waals surface area contributed by atoms with Gasteiger partial charge in [-0.3, -0.25) is 9.69 Å². The van der Waals surface area contributed by atoms with Crippen LogP contribution in [0.3, 0.4) is 0 Å². The summed E-state index contributed by atoms with van der Waals surface area (Å²) in [6.45, 7) is 0.0472. The van der Waals surface area contributed by atoms with Crippen LogP contribution >= 0.6 is 0 Å². The Labute approximate surface area is 125 Å². The van der Waals surface area contributed by atoms with Crippen molar-refractivity contribution in [3.8, 4) is 0 Å². The number of rotatable bonds is 7. The molecule has 0 aliphatic carbocycles. The van der Waals surface area contributed by atoms with Gasteiger partial charge in [0, 0.05) is 7.11 Å². The molecule has 0 aromatic rings. The van der Waals surface area contributed by atoms with Crippen molar-refractivity contribution >= 4 is 47.4 Å². The number of carbonyl (C=O) groups is 3. The van der Waals surface area contributed by atoms with Gasteiger partial charge in [0.1, 0.15) is 6.73 Å². The van der Waals surface area contributed by atoms with Crippen LogP contribution in [0.25, 0.3) is 0 Å². The first-order valence-electron chi connectivity index (χ1n) is 4.80. The summed E-state index contributed by atoms with van der Waals surface area (Å²) in [5, 5.41) is 17.8. The van der Waals surface area contributed by atoms with Crippen molar-refractivity contribution in [1.29, 1.82) is 0 Å². The predicted octanol–water partition coefficient (Wildman–Crippen LogP) is -1.90. The van der Waals surface area contributed by atoms with Gasteiger partial charge in [0.15, 0.2) is 0 Å². The van der Waals surface area contributed by atoms with Crippen LogP contribution in [0.1, 0.15) is 6.42 Å². The molecule has 0 aromatic heterocycles. The number of carboxylic acid groups (broad SMARTS) is 2. The van der Waals surface area contributed by atoms with E-state index in [2.05, 4.69) is 4.74 Å². The second-order valence-corrected chi connectivity index (χ2v) is 3.50. The zero-order valence-corrected chi connectivity index (χ0v) is 9.21. The monoisotopic (exact) mass is 271 g/mol. The van der Waals surface area contributed by atoms with Crippen LogP contribution in [-0.4, -0.2) is 95.1 Å². The van der Waals surface area contributed by atoms with E-state index >= 15 is 0 Å². The molecule has 1 heterocycles. The maximum atomic E-state index is 11.2. The zero-order chi connectivity index (χ0) is 13.1. The van der Waals surface area contributed by atoms with Gasteiger partial charge in [-0.25, -0.2) is 9.59 Å². The minimum absolute atomic E-state index is 0. The third-order valence-corrected chi connectivity index (χ3v) is 2.53. The Kier molecular flexibility index (Phi) is 6.79. The van der Waals surface area contributed by atoms with E-state index < -0.39 is 29.8 Å². The SMILES string of the molecule is COCCOCN1C(=O)CC1(C(=O)O)C(=O)O.[NaH]. The summed E-state index contributed by atoms with van der Waals surface area (Å²) in [6.07, 6.45) is -0.550. The van der Waals surface area contributed by atoms with Gasteiger partial charge in [0.2, 0.25) is 11.4 Å². The van der Waals surface area contributed by atoms with E-state index in [0.717, 1.165) is 0 Å². The van der Waals surface area contributed by atoms with Crippen LogP contribution in [0.2, 0.25) is 0 Å².